The summed E-state index contributed by atoms with van der Waals surface area (Å²) in [4.78, 5) is -0.388. The van der Waals surface area contributed by atoms with Gasteiger partial charge in [0.1, 0.15) is 10.7 Å². The minimum Gasteiger partial charge on any atom is -0.383 e. The maximum absolute atomic E-state index is 13.3. The van der Waals surface area contributed by atoms with Crippen molar-refractivity contribution < 1.29 is 17.5 Å². The lowest BCUT2D eigenvalue weighted by atomic mass is 10.4. The van der Waals surface area contributed by atoms with E-state index in [4.69, 9.17) is 16.3 Å². The van der Waals surface area contributed by atoms with Crippen molar-refractivity contribution in [1.82, 2.24) is 4.72 Å². The van der Waals surface area contributed by atoms with E-state index < -0.39 is 21.2 Å². The molecule has 1 N–H and O–H groups in total. The minimum atomic E-state index is -3.87. The summed E-state index contributed by atoms with van der Waals surface area (Å²) in [6.45, 7) is 0.188. The van der Waals surface area contributed by atoms with Gasteiger partial charge in [0.25, 0.3) is 0 Å². The van der Waals surface area contributed by atoms with Crippen LogP contribution in [0.25, 0.3) is 0 Å². The van der Waals surface area contributed by atoms with Crippen molar-refractivity contribution >= 4 is 21.6 Å². The molecule has 1 aromatic rings. The molecule has 0 aliphatic rings. The predicted molar refractivity (Wildman–Crippen MR) is 63.1 cm³/mol. The molecule has 0 aliphatic carbocycles. The Morgan fingerprint density at radius 3 is 2.71 bits per heavy atom. The summed E-state index contributed by atoms with van der Waals surface area (Å²) >= 11 is 5.77. The molecule has 0 spiro atoms. The average Bonchev–Trinajstić information content (AvgIpc) is 2.27. The molecule has 1 unspecified atom stereocenters. The van der Waals surface area contributed by atoms with E-state index in [-0.39, 0.29) is 18.0 Å². The van der Waals surface area contributed by atoms with Crippen LogP contribution >= 0.6 is 11.6 Å². The number of hydrogen-bond acceptors (Lipinski definition) is 3. The van der Waals surface area contributed by atoms with E-state index in [1.165, 1.54) is 25.3 Å². The van der Waals surface area contributed by atoms with Crippen molar-refractivity contribution in [2.45, 2.75) is 10.3 Å². The maximum atomic E-state index is 13.3. The Kier molecular flexibility index (Phi) is 5.32. The van der Waals surface area contributed by atoms with E-state index >= 15 is 0 Å². The third-order valence-corrected chi connectivity index (χ3v) is 3.71. The van der Waals surface area contributed by atoms with Gasteiger partial charge in [-0.1, -0.05) is 12.1 Å². The molecule has 0 saturated carbocycles. The van der Waals surface area contributed by atoms with Crippen LogP contribution < -0.4 is 4.72 Å². The van der Waals surface area contributed by atoms with Gasteiger partial charge in [0.15, 0.2) is 0 Å². The summed E-state index contributed by atoms with van der Waals surface area (Å²) in [6.07, 6.45) is 0. The van der Waals surface area contributed by atoms with Crippen LogP contribution in [-0.4, -0.2) is 34.1 Å². The fraction of sp³-hybridized carbons (Fsp3) is 0.400. The van der Waals surface area contributed by atoms with Crippen molar-refractivity contribution in [3.05, 3.63) is 30.1 Å². The Morgan fingerprint density at radius 2 is 2.12 bits per heavy atom. The lowest BCUT2D eigenvalue weighted by Gasteiger charge is -2.10. The highest BCUT2D eigenvalue weighted by atomic mass is 35.5. The predicted octanol–water partition coefficient (Wildman–Crippen LogP) is 1.36. The van der Waals surface area contributed by atoms with Crippen molar-refractivity contribution in [3.63, 3.8) is 0 Å². The molecule has 0 amide bonds. The van der Waals surface area contributed by atoms with Crippen LogP contribution in [0, 0.1) is 5.82 Å². The molecule has 0 heterocycles. The second kappa shape index (κ2) is 6.30. The standard InChI is InChI=1S/C10H13ClFNO3S/c1-16-7-8(11)6-13-17(14,15)10-5-3-2-4-9(10)12/h2-5,8,13H,6-7H2,1H3. The Labute approximate surface area is 105 Å². The smallest absolute Gasteiger partial charge is 0.243 e. The Balaban J connectivity index is 2.73. The highest BCUT2D eigenvalue weighted by Gasteiger charge is 2.19. The zero-order chi connectivity index (χ0) is 12.9. The second-order valence-corrected chi connectivity index (χ2v) is 5.69. The first-order valence-corrected chi connectivity index (χ1v) is 6.76. The quantitative estimate of drug-likeness (QED) is 0.801. The van der Waals surface area contributed by atoms with Crippen LogP contribution in [0.5, 0.6) is 0 Å². The van der Waals surface area contributed by atoms with E-state index in [2.05, 4.69) is 4.72 Å². The highest BCUT2D eigenvalue weighted by Crippen LogP contribution is 2.13. The third kappa shape index (κ3) is 4.23. The van der Waals surface area contributed by atoms with Gasteiger partial charge in [0, 0.05) is 13.7 Å². The van der Waals surface area contributed by atoms with Crippen LogP contribution in [-0.2, 0) is 14.8 Å². The Bertz CT molecular complexity index is 466. The molecular weight excluding hydrogens is 269 g/mol. The molecule has 0 aromatic heterocycles. The molecule has 0 fully saturated rings. The van der Waals surface area contributed by atoms with Crippen LogP contribution in [0.3, 0.4) is 0 Å². The number of alkyl halides is 1. The number of benzene rings is 1. The summed E-state index contributed by atoms with van der Waals surface area (Å²) in [5.74, 6) is -0.794. The number of rotatable bonds is 6. The van der Waals surface area contributed by atoms with Crippen LogP contribution in [0.15, 0.2) is 29.2 Å². The molecule has 17 heavy (non-hydrogen) atoms. The fourth-order valence-corrected chi connectivity index (χ4v) is 2.63. The molecule has 0 radical (unpaired) electrons. The number of nitrogens with one attached hydrogen (secondary N) is 1. The van der Waals surface area contributed by atoms with Crippen molar-refractivity contribution in [2.75, 3.05) is 20.3 Å². The summed E-state index contributed by atoms with van der Waals surface area (Å²) in [5.41, 5.74) is 0. The Hall–Kier alpha value is -0.690. The molecule has 4 nitrogen and oxygen atoms in total. The Morgan fingerprint density at radius 1 is 1.47 bits per heavy atom. The number of methoxy groups -OCH3 is 1. The number of hydrogen-bond donors (Lipinski definition) is 1. The fourth-order valence-electron chi connectivity index (χ4n) is 1.18. The van der Waals surface area contributed by atoms with Gasteiger partial charge in [0.05, 0.1) is 12.0 Å². The summed E-state index contributed by atoms with van der Waals surface area (Å²) in [7, 11) is -2.41. The van der Waals surface area contributed by atoms with Gasteiger partial charge in [-0.15, -0.1) is 11.6 Å². The van der Waals surface area contributed by atoms with Crippen molar-refractivity contribution in [1.29, 1.82) is 0 Å². The van der Waals surface area contributed by atoms with Crippen LogP contribution in [0.2, 0.25) is 0 Å². The lowest BCUT2D eigenvalue weighted by molar-refractivity contribution is 0.198. The maximum Gasteiger partial charge on any atom is 0.243 e. The van der Waals surface area contributed by atoms with Crippen LogP contribution in [0.1, 0.15) is 0 Å². The first-order chi connectivity index (χ1) is 7.97. The van der Waals surface area contributed by atoms with Crippen LogP contribution in [0.4, 0.5) is 4.39 Å². The topological polar surface area (TPSA) is 55.4 Å². The second-order valence-electron chi connectivity index (χ2n) is 3.33. The molecule has 1 aromatic carbocycles. The number of ether oxygens (including phenoxy) is 1. The van der Waals surface area contributed by atoms with Gasteiger partial charge in [-0.25, -0.2) is 17.5 Å². The van der Waals surface area contributed by atoms with E-state index in [9.17, 15) is 12.8 Å². The largest absolute Gasteiger partial charge is 0.383 e. The van der Waals surface area contributed by atoms with E-state index in [1.807, 2.05) is 0 Å². The van der Waals surface area contributed by atoms with Gasteiger partial charge in [-0.3, -0.25) is 0 Å². The zero-order valence-electron chi connectivity index (χ0n) is 9.19. The van der Waals surface area contributed by atoms with Gasteiger partial charge in [0.2, 0.25) is 10.0 Å². The molecule has 96 valence electrons. The minimum absolute atomic E-state index is 0.0218. The first kappa shape index (κ1) is 14.4. The van der Waals surface area contributed by atoms with Gasteiger partial charge in [-0.2, -0.15) is 0 Å². The molecule has 0 bridgehead atoms. The SMILES string of the molecule is COCC(Cl)CNS(=O)(=O)c1ccccc1F. The zero-order valence-corrected chi connectivity index (χ0v) is 10.8. The number of sulfonamides is 1. The number of halogens is 2. The normalized spacial score (nSPS) is 13.6. The monoisotopic (exact) mass is 281 g/mol. The molecular formula is C10H13ClFNO3S. The van der Waals surface area contributed by atoms with Gasteiger partial charge >= 0.3 is 0 Å². The van der Waals surface area contributed by atoms with Crippen molar-refractivity contribution in [2.24, 2.45) is 0 Å². The van der Waals surface area contributed by atoms with E-state index in [0.717, 1.165) is 6.07 Å². The van der Waals surface area contributed by atoms with Gasteiger partial charge in [-0.05, 0) is 12.1 Å². The first-order valence-electron chi connectivity index (χ1n) is 4.84. The van der Waals surface area contributed by atoms with Gasteiger partial charge < -0.3 is 4.74 Å². The third-order valence-electron chi connectivity index (χ3n) is 1.97. The summed E-state index contributed by atoms with van der Waals surface area (Å²) < 4.78 is 43.7. The molecule has 1 atom stereocenters. The molecule has 0 saturated heterocycles. The average molecular weight is 282 g/mol. The molecule has 7 heteroatoms. The molecule has 1 rings (SSSR count). The summed E-state index contributed by atoms with van der Waals surface area (Å²) in [6, 6.07) is 5.15. The van der Waals surface area contributed by atoms with E-state index in [1.54, 1.807) is 0 Å². The lowest BCUT2D eigenvalue weighted by Crippen LogP contribution is -2.32. The summed E-state index contributed by atoms with van der Waals surface area (Å²) in [5, 5.41) is -0.499. The highest BCUT2D eigenvalue weighted by molar-refractivity contribution is 7.89. The molecule has 0 aliphatic heterocycles. The van der Waals surface area contributed by atoms with Crippen molar-refractivity contribution in [3.8, 4) is 0 Å². The van der Waals surface area contributed by atoms with E-state index in [0.29, 0.717) is 0 Å².